The number of nitrogens with one attached hydrogen (secondary N) is 4. The van der Waals surface area contributed by atoms with Gasteiger partial charge in [0.25, 0.3) is 11.8 Å². The number of carbonyl (C=O) groups is 2. The van der Waals surface area contributed by atoms with Gasteiger partial charge >= 0.3 is 0 Å². The van der Waals surface area contributed by atoms with Crippen molar-refractivity contribution in [3.63, 3.8) is 0 Å². The van der Waals surface area contributed by atoms with E-state index in [0.29, 0.717) is 31.0 Å². The number of hydrogen-bond donors (Lipinski definition) is 6. The Kier molecular flexibility index (Phi) is 10.9. The average molecular weight is 687 g/mol. The van der Waals surface area contributed by atoms with E-state index in [-0.39, 0.29) is 11.5 Å². The normalized spacial score (nSPS) is 22.9. The number of likely N-dealkylation sites (tertiary alicyclic amines) is 1. The van der Waals surface area contributed by atoms with Crippen LogP contribution < -0.4 is 21.3 Å². The fraction of sp³-hybridized carbons (Fsp3) is 0.640. The smallest absolute Gasteiger partial charge is 0.289 e. The first kappa shape index (κ1) is 31.1. The Labute approximate surface area is 252 Å². The van der Waals surface area contributed by atoms with Crippen LogP contribution in [0.15, 0.2) is 18.7 Å². The van der Waals surface area contributed by atoms with Crippen LogP contribution in [0.25, 0.3) is 11.2 Å². The van der Waals surface area contributed by atoms with Crippen molar-refractivity contribution in [3.8, 4) is 0 Å². The number of rotatable bonds is 13. The molecule has 0 unspecified atom stereocenters. The van der Waals surface area contributed by atoms with Gasteiger partial charge in [0.05, 0.1) is 29.2 Å². The second-order valence-electron chi connectivity index (χ2n) is 9.91. The summed E-state index contributed by atoms with van der Waals surface area (Å²) >= 11 is 2.15. The molecule has 2 fully saturated rings. The molecule has 0 bridgehead atoms. The molecule has 15 nitrogen and oxygen atoms in total. The third-order valence-electron chi connectivity index (χ3n) is 7.08. The third kappa shape index (κ3) is 7.35. The number of aliphatic hydroxyl groups is 2. The molecule has 0 saturated carbocycles. The highest BCUT2D eigenvalue weighted by atomic mass is 127. The van der Waals surface area contributed by atoms with Crippen molar-refractivity contribution in [2.24, 2.45) is 0 Å². The number of likely N-dealkylation sites (N-methyl/N-ethyl adjacent to an activating group) is 1. The lowest BCUT2D eigenvalue weighted by Gasteiger charge is -2.27. The molecule has 0 aliphatic carbocycles. The molecule has 4 rings (SSSR count). The van der Waals surface area contributed by atoms with Gasteiger partial charge in [0.1, 0.15) is 18.0 Å². The van der Waals surface area contributed by atoms with E-state index < -0.39 is 36.4 Å². The van der Waals surface area contributed by atoms with E-state index in [2.05, 4.69) is 70.6 Å². The van der Waals surface area contributed by atoms with E-state index in [0.717, 1.165) is 32.0 Å². The summed E-state index contributed by atoms with van der Waals surface area (Å²) in [7, 11) is 1.64. The van der Waals surface area contributed by atoms with Gasteiger partial charge in [-0.1, -0.05) is 13.0 Å². The van der Waals surface area contributed by atoms with E-state index in [4.69, 9.17) is 4.74 Å². The Balaban J connectivity index is 1.37. The molecular weight excluding hydrogens is 647 g/mol. The Bertz CT molecular complexity index is 1220. The monoisotopic (exact) mass is 686 g/mol. The summed E-state index contributed by atoms with van der Waals surface area (Å²) in [5.41, 5.74) is 0.533. The molecule has 2 aromatic heterocycles. The molecule has 2 aliphatic rings. The number of ether oxygens (including phenoxy) is 1. The van der Waals surface area contributed by atoms with Crippen LogP contribution in [0, 0.1) is 0 Å². The predicted octanol–water partition coefficient (Wildman–Crippen LogP) is -0.448. The lowest BCUT2D eigenvalue weighted by molar-refractivity contribution is -0.137. The number of carbonyl (C=O) groups excluding carboxylic acids is 2. The van der Waals surface area contributed by atoms with Crippen LogP contribution in [0.3, 0.4) is 0 Å². The zero-order valence-electron chi connectivity index (χ0n) is 23.3. The van der Waals surface area contributed by atoms with Crippen molar-refractivity contribution in [2.45, 2.75) is 50.7 Å². The van der Waals surface area contributed by atoms with Crippen LogP contribution in [-0.4, -0.2) is 121 Å². The van der Waals surface area contributed by atoms with E-state index >= 15 is 0 Å². The fourth-order valence-corrected chi connectivity index (χ4v) is 5.28. The number of hydrogen-bond acceptors (Lipinski definition) is 12. The number of fused-ring (bicyclic) bond motifs is 1. The molecule has 2 saturated heterocycles. The Morgan fingerprint density at radius 2 is 1.90 bits per heavy atom. The lowest BCUT2D eigenvalue weighted by atomic mass is 10.1. The summed E-state index contributed by atoms with van der Waals surface area (Å²) in [4.78, 5) is 40.7. The second kappa shape index (κ2) is 14.4. The minimum atomic E-state index is -1.46. The highest BCUT2D eigenvalue weighted by molar-refractivity contribution is 14.1. The summed E-state index contributed by atoms with van der Waals surface area (Å²) in [6.07, 6.45) is -0.128. The van der Waals surface area contributed by atoms with Crippen molar-refractivity contribution >= 4 is 51.7 Å². The lowest BCUT2D eigenvalue weighted by Crippen LogP contribution is -2.42. The van der Waals surface area contributed by atoms with E-state index in [1.54, 1.807) is 14.0 Å². The summed E-state index contributed by atoms with van der Waals surface area (Å²) in [6.45, 7) is 11.0. The van der Waals surface area contributed by atoms with Gasteiger partial charge in [-0.2, -0.15) is 0 Å². The van der Waals surface area contributed by atoms with Crippen LogP contribution >= 0.6 is 22.9 Å². The molecule has 226 valence electrons. The van der Waals surface area contributed by atoms with Gasteiger partial charge in [0.15, 0.2) is 29.3 Å². The number of anilines is 1. The topological polar surface area (TPSA) is 182 Å². The van der Waals surface area contributed by atoms with Crippen LogP contribution in [0.5, 0.6) is 0 Å². The molecule has 6 N–H and O–H groups in total. The first-order chi connectivity index (χ1) is 19.7. The van der Waals surface area contributed by atoms with Crippen LogP contribution in [0.4, 0.5) is 5.82 Å². The van der Waals surface area contributed by atoms with Gasteiger partial charge in [-0.25, -0.2) is 15.0 Å². The van der Waals surface area contributed by atoms with Gasteiger partial charge in [0.2, 0.25) is 5.82 Å². The summed E-state index contributed by atoms with van der Waals surface area (Å²) in [5.74, 6) is -0.0953. The van der Waals surface area contributed by atoms with Crippen molar-refractivity contribution in [1.29, 1.82) is 0 Å². The van der Waals surface area contributed by atoms with Crippen LogP contribution in [0.2, 0.25) is 0 Å². The molecule has 16 heteroatoms. The fourth-order valence-electron chi connectivity index (χ4n) is 4.87. The Morgan fingerprint density at radius 3 is 2.61 bits per heavy atom. The zero-order chi connectivity index (χ0) is 29.5. The minimum Gasteiger partial charge on any atom is -0.387 e. The maximum Gasteiger partial charge on any atom is 0.289 e. The van der Waals surface area contributed by atoms with E-state index in [1.807, 2.05) is 3.11 Å². The zero-order valence-corrected chi connectivity index (χ0v) is 25.5. The SMILES string of the molecule is C=C(NCCN1CCCCC1)N(I)CCNC(=O)c1nc(NC)c2ncn([C@@H]3O[C@H](C(=O)NCC)[C@@H](O)[C@H]3O)c2n1. The Morgan fingerprint density at radius 1 is 1.15 bits per heavy atom. The third-order valence-corrected chi connectivity index (χ3v) is 8.14. The van der Waals surface area contributed by atoms with Crippen molar-refractivity contribution < 1.29 is 24.5 Å². The number of aliphatic hydroxyl groups excluding tert-OH is 2. The maximum atomic E-state index is 13.0. The quantitative estimate of drug-likeness (QED) is 0.118. The predicted molar refractivity (Wildman–Crippen MR) is 160 cm³/mol. The largest absolute Gasteiger partial charge is 0.387 e. The van der Waals surface area contributed by atoms with Crippen molar-refractivity contribution in [2.75, 3.05) is 58.2 Å². The number of aromatic nitrogens is 4. The van der Waals surface area contributed by atoms with Gasteiger partial charge in [0, 0.05) is 39.8 Å². The molecule has 2 aliphatic heterocycles. The second-order valence-corrected chi connectivity index (χ2v) is 11.1. The number of amides is 2. The summed E-state index contributed by atoms with van der Waals surface area (Å²) in [6, 6.07) is 0. The molecule has 41 heavy (non-hydrogen) atoms. The first-order valence-electron chi connectivity index (χ1n) is 13.8. The molecule has 4 atom stereocenters. The van der Waals surface area contributed by atoms with Gasteiger partial charge in [-0.3, -0.25) is 17.3 Å². The molecular formula is C25H39IN10O5. The molecule has 2 aromatic rings. The van der Waals surface area contributed by atoms with E-state index in [1.165, 1.54) is 30.2 Å². The summed E-state index contributed by atoms with van der Waals surface area (Å²) < 4.78 is 9.00. The average Bonchev–Trinajstić information content (AvgIpc) is 3.53. The van der Waals surface area contributed by atoms with Gasteiger partial charge in [-0.05, 0) is 32.9 Å². The molecule has 2 amide bonds. The Hall–Kier alpha value is -2.80. The minimum absolute atomic E-state index is 0.115. The molecule has 4 heterocycles. The van der Waals surface area contributed by atoms with Crippen LogP contribution in [-0.2, 0) is 9.53 Å². The molecule has 0 aromatic carbocycles. The van der Waals surface area contributed by atoms with Crippen LogP contribution in [0.1, 0.15) is 43.0 Å². The van der Waals surface area contributed by atoms with E-state index in [9.17, 15) is 19.8 Å². The number of nitrogens with zero attached hydrogens (tertiary/aromatic N) is 6. The van der Waals surface area contributed by atoms with Crippen molar-refractivity contribution in [3.05, 3.63) is 24.6 Å². The number of halogens is 1. The van der Waals surface area contributed by atoms with Gasteiger partial charge in [-0.15, -0.1) is 0 Å². The highest BCUT2D eigenvalue weighted by Crippen LogP contribution is 2.32. The van der Waals surface area contributed by atoms with Gasteiger partial charge < -0.3 is 41.1 Å². The standard InChI is InChI=1S/C25H39IN10O5/c1-4-28-23(39)19-17(37)18(38)25(41-19)35-14-31-16-20(27-3)32-21(33-22(16)35)24(40)30-9-13-36(26)15(2)29-8-12-34-10-6-5-7-11-34/h14,17-19,25,29,37-38H,2,4-13H2,1,3H3,(H,28,39)(H,30,40)(H,27,32,33)/t17-,18+,19-,25+/m0/s1. The molecule has 0 radical (unpaired) electrons. The summed E-state index contributed by atoms with van der Waals surface area (Å²) in [5, 5.41) is 32.7. The van der Waals surface area contributed by atoms with Crippen molar-refractivity contribution in [1.82, 2.24) is 43.5 Å². The highest BCUT2D eigenvalue weighted by Gasteiger charge is 2.47. The number of imidazole rings is 1. The maximum absolute atomic E-state index is 13.0. The molecule has 0 spiro atoms. The first-order valence-corrected chi connectivity index (χ1v) is 14.8. The number of piperidine rings is 1.